The van der Waals surface area contributed by atoms with Crippen LogP contribution in [0.2, 0.25) is 0 Å². The number of hydrogen-bond donors (Lipinski definition) is 1. The standard InChI is InChI=1S/C9H10BrNO2/c1-6-3-7(5-11-13-2)9(12)8(10)4-6/h3-5,12H,1-2H3/b11-5+. The first-order chi connectivity index (χ1) is 6.15. The van der Waals surface area contributed by atoms with Crippen LogP contribution in [0.1, 0.15) is 11.1 Å². The molecule has 4 heteroatoms. The highest BCUT2D eigenvalue weighted by Gasteiger charge is 2.04. The number of phenolic OH excluding ortho intramolecular Hbond substituents is 1. The first kappa shape index (κ1) is 10.1. The zero-order valence-electron chi connectivity index (χ0n) is 7.41. The molecule has 3 nitrogen and oxygen atoms in total. The molecule has 1 rings (SSSR count). The van der Waals surface area contributed by atoms with E-state index in [9.17, 15) is 5.11 Å². The van der Waals surface area contributed by atoms with Crippen LogP contribution in [0.3, 0.4) is 0 Å². The van der Waals surface area contributed by atoms with Crippen LogP contribution in [-0.2, 0) is 4.84 Å². The third-order valence-corrected chi connectivity index (χ3v) is 2.14. The van der Waals surface area contributed by atoms with Gasteiger partial charge in [-0.25, -0.2) is 0 Å². The van der Waals surface area contributed by atoms with E-state index in [1.807, 2.05) is 19.1 Å². The number of phenols is 1. The Labute approximate surface area is 85.2 Å². The van der Waals surface area contributed by atoms with E-state index < -0.39 is 0 Å². The van der Waals surface area contributed by atoms with Crippen LogP contribution in [0.4, 0.5) is 0 Å². The van der Waals surface area contributed by atoms with E-state index in [0.717, 1.165) is 5.56 Å². The van der Waals surface area contributed by atoms with Crippen LogP contribution in [0, 0.1) is 6.92 Å². The van der Waals surface area contributed by atoms with E-state index in [2.05, 4.69) is 25.9 Å². The Morgan fingerprint density at radius 3 is 2.85 bits per heavy atom. The van der Waals surface area contributed by atoms with Gasteiger partial charge in [-0.1, -0.05) is 5.16 Å². The molecule has 0 amide bonds. The molecule has 0 spiro atoms. The molecule has 0 heterocycles. The molecule has 0 aliphatic carbocycles. The minimum Gasteiger partial charge on any atom is -0.506 e. The first-order valence-electron chi connectivity index (χ1n) is 3.70. The number of oxime groups is 1. The zero-order valence-corrected chi connectivity index (χ0v) is 9.00. The molecule has 0 aromatic heterocycles. The molecule has 1 aromatic rings. The van der Waals surface area contributed by atoms with Crippen molar-refractivity contribution in [3.8, 4) is 5.75 Å². The molecule has 0 saturated heterocycles. The molecule has 13 heavy (non-hydrogen) atoms. The van der Waals surface area contributed by atoms with Crippen molar-refractivity contribution < 1.29 is 9.94 Å². The van der Waals surface area contributed by atoms with Crippen molar-refractivity contribution in [2.75, 3.05) is 7.11 Å². The lowest BCUT2D eigenvalue weighted by Gasteiger charge is -2.02. The molecule has 0 atom stereocenters. The minimum absolute atomic E-state index is 0.173. The van der Waals surface area contributed by atoms with Crippen LogP contribution in [-0.4, -0.2) is 18.4 Å². The highest BCUT2D eigenvalue weighted by atomic mass is 79.9. The highest BCUT2D eigenvalue weighted by molar-refractivity contribution is 9.10. The van der Waals surface area contributed by atoms with E-state index >= 15 is 0 Å². The monoisotopic (exact) mass is 243 g/mol. The molecule has 1 N–H and O–H groups in total. The summed E-state index contributed by atoms with van der Waals surface area (Å²) in [6.45, 7) is 1.94. The quantitative estimate of drug-likeness (QED) is 0.641. The molecule has 0 unspecified atom stereocenters. The van der Waals surface area contributed by atoms with Crippen molar-refractivity contribution in [3.05, 3.63) is 27.7 Å². The molecule has 0 radical (unpaired) electrons. The fraction of sp³-hybridized carbons (Fsp3) is 0.222. The lowest BCUT2D eigenvalue weighted by Crippen LogP contribution is -1.86. The molecule has 0 saturated carbocycles. The maximum Gasteiger partial charge on any atom is 0.138 e. The number of rotatable bonds is 2. The molecule has 0 bridgehead atoms. The van der Waals surface area contributed by atoms with Crippen molar-refractivity contribution in [2.45, 2.75) is 6.92 Å². The summed E-state index contributed by atoms with van der Waals surface area (Å²) in [6.07, 6.45) is 1.47. The zero-order chi connectivity index (χ0) is 9.84. The van der Waals surface area contributed by atoms with Gasteiger partial charge >= 0.3 is 0 Å². The van der Waals surface area contributed by atoms with Gasteiger partial charge in [-0.3, -0.25) is 0 Å². The predicted octanol–water partition coefficient (Wildman–Crippen LogP) is 2.44. The van der Waals surface area contributed by atoms with Gasteiger partial charge in [0.05, 0.1) is 10.7 Å². The number of hydrogen-bond acceptors (Lipinski definition) is 3. The SMILES string of the molecule is CO/N=C/c1cc(C)cc(Br)c1O. The van der Waals surface area contributed by atoms with E-state index in [0.29, 0.717) is 10.0 Å². The second kappa shape index (κ2) is 4.28. The average molecular weight is 244 g/mol. The van der Waals surface area contributed by atoms with Gasteiger partial charge in [0.15, 0.2) is 0 Å². The number of aromatic hydroxyl groups is 1. The lowest BCUT2D eigenvalue weighted by molar-refractivity contribution is 0.215. The lowest BCUT2D eigenvalue weighted by atomic mass is 10.1. The van der Waals surface area contributed by atoms with Crippen molar-refractivity contribution >= 4 is 22.1 Å². The van der Waals surface area contributed by atoms with Crippen molar-refractivity contribution in [3.63, 3.8) is 0 Å². The minimum atomic E-state index is 0.173. The maximum absolute atomic E-state index is 9.55. The third-order valence-electron chi connectivity index (χ3n) is 1.53. The summed E-state index contributed by atoms with van der Waals surface area (Å²) >= 11 is 3.24. The van der Waals surface area contributed by atoms with E-state index in [1.165, 1.54) is 13.3 Å². The number of nitrogens with zero attached hydrogens (tertiary/aromatic N) is 1. The second-order valence-corrected chi connectivity index (χ2v) is 3.46. The molecule has 0 aliphatic rings. The van der Waals surface area contributed by atoms with Gasteiger partial charge < -0.3 is 9.94 Å². The number of benzene rings is 1. The van der Waals surface area contributed by atoms with Gasteiger partial charge in [0.1, 0.15) is 12.9 Å². The van der Waals surface area contributed by atoms with Crippen molar-refractivity contribution in [1.82, 2.24) is 0 Å². The van der Waals surface area contributed by atoms with Crippen LogP contribution in [0.15, 0.2) is 21.8 Å². The number of halogens is 1. The Bertz CT molecular complexity index is 337. The van der Waals surface area contributed by atoms with Gasteiger partial charge in [-0.15, -0.1) is 0 Å². The number of aryl methyl sites for hydroxylation is 1. The highest BCUT2D eigenvalue weighted by Crippen LogP contribution is 2.28. The Morgan fingerprint density at radius 2 is 2.23 bits per heavy atom. The molecule has 0 aliphatic heterocycles. The molecule has 0 fully saturated rings. The van der Waals surface area contributed by atoms with E-state index in [-0.39, 0.29) is 5.75 Å². The predicted molar refractivity (Wildman–Crippen MR) is 55.1 cm³/mol. The fourth-order valence-corrected chi connectivity index (χ4v) is 1.56. The summed E-state index contributed by atoms with van der Waals surface area (Å²) in [7, 11) is 1.46. The summed E-state index contributed by atoms with van der Waals surface area (Å²) in [5.74, 6) is 0.173. The maximum atomic E-state index is 9.55. The van der Waals surface area contributed by atoms with Gasteiger partial charge in [-0.05, 0) is 40.5 Å². The summed E-state index contributed by atoms with van der Waals surface area (Å²) in [5, 5.41) is 13.1. The van der Waals surface area contributed by atoms with Gasteiger partial charge in [0, 0.05) is 5.56 Å². The molecule has 1 aromatic carbocycles. The summed E-state index contributed by atoms with van der Waals surface area (Å²) in [5.41, 5.74) is 1.68. The smallest absolute Gasteiger partial charge is 0.138 e. The van der Waals surface area contributed by atoms with E-state index in [4.69, 9.17) is 0 Å². The molecular weight excluding hydrogens is 234 g/mol. The molecule has 70 valence electrons. The largest absolute Gasteiger partial charge is 0.506 e. The average Bonchev–Trinajstić information content (AvgIpc) is 2.09. The Kier molecular flexibility index (Phi) is 3.31. The van der Waals surface area contributed by atoms with Crippen LogP contribution in [0.5, 0.6) is 5.75 Å². The fourth-order valence-electron chi connectivity index (χ4n) is 0.969. The third kappa shape index (κ3) is 2.45. The van der Waals surface area contributed by atoms with Crippen LogP contribution in [0.25, 0.3) is 0 Å². The first-order valence-corrected chi connectivity index (χ1v) is 4.50. The summed E-state index contributed by atoms with van der Waals surface area (Å²) < 4.78 is 0.657. The van der Waals surface area contributed by atoms with Crippen molar-refractivity contribution in [1.29, 1.82) is 0 Å². The second-order valence-electron chi connectivity index (χ2n) is 2.60. The summed E-state index contributed by atoms with van der Waals surface area (Å²) in [6, 6.07) is 3.65. The Hall–Kier alpha value is -1.03. The Balaban J connectivity index is 3.12. The van der Waals surface area contributed by atoms with Gasteiger partial charge in [0.25, 0.3) is 0 Å². The van der Waals surface area contributed by atoms with Crippen LogP contribution >= 0.6 is 15.9 Å². The Morgan fingerprint density at radius 1 is 1.54 bits per heavy atom. The van der Waals surface area contributed by atoms with Gasteiger partial charge in [0.2, 0.25) is 0 Å². The topological polar surface area (TPSA) is 41.8 Å². The van der Waals surface area contributed by atoms with Gasteiger partial charge in [-0.2, -0.15) is 0 Å². The van der Waals surface area contributed by atoms with Crippen molar-refractivity contribution in [2.24, 2.45) is 5.16 Å². The van der Waals surface area contributed by atoms with E-state index in [1.54, 1.807) is 0 Å². The normalized spacial score (nSPS) is 10.7. The van der Waals surface area contributed by atoms with Crippen LogP contribution < -0.4 is 0 Å². The molecular formula is C9H10BrNO2. The summed E-state index contributed by atoms with van der Waals surface area (Å²) in [4.78, 5) is 4.52.